The lowest BCUT2D eigenvalue weighted by molar-refractivity contribution is 1.06. The van der Waals surface area contributed by atoms with Gasteiger partial charge in [0.05, 0.1) is 0 Å². The molecule has 0 N–H and O–H groups in total. The normalized spacial score (nSPS) is 10.9. The van der Waals surface area contributed by atoms with Gasteiger partial charge in [0.15, 0.2) is 5.82 Å². The third-order valence-corrected chi connectivity index (χ3v) is 5.98. The van der Waals surface area contributed by atoms with E-state index in [0.717, 1.165) is 27.8 Å². The monoisotopic (exact) mass is 436 g/mol. The summed E-state index contributed by atoms with van der Waals surface area (Å²) >= 11 is 0. The van der Waals surface area contributed by atoms with Crippen LogP contribution in [0.15, 0.2) is 122 Å². The molecule has 0 saturated heterocycles. The summed E-state index contributed by atoms with van der Waals surface area (Å²) in [6.45, 7) is 0. The van der Waals surface area contributed by atoms with Crippen LogP contribution in [0, 0.1) is 0 Å². The Hall–Kier alpha value is -4.70. The van der Waals surface area contributed by atoms with Crippen molar-refractivity contribution >= 4 is 10.8 Å². The average Bonchev–Trinajstić information content (AvgIpc) is 2.93. The van der Waals surface area contributed by atoms with Crippen molar-refractivity contribution in [1.82, 2.24) is 19.9 Å². The van der Waals surface area contributed by atoms with E-state index in [2.05, 4.69) is 98.8 Å². The van der Waals surface area contributed by atoms with Gasteiger partial charge >= 0.3 is 0 Å². The fourth-order valence-corrected chi connectivity index (χ4v) is 4.26. The number of fused-ring (bicyclic) bond motifs is 1. The number of benzene rings is 4. The van der Waals surface area contributed by atoms with Crippen LogP contribution in [-0.4, -0.2) is 19.9 Å². The molecular weight excluding hydrogens is 416 g/mol. The third-order valence-electron chi connectivity index (χ3n) is 5.98. The van der Waals surface area contributed by atoms with Gasteiger partial charge in [0.2, 0.25) is 0 Å². The van der Waals surface area contributed by atoms with Gasteiger partial charge in [0, 0.05) is 18.0 Å². The molecular formula is C30H20N4. The summed E-state index contributed by atoms with van der Waals surface area (Å²) in [5, 5.41) is 2.42. The quantitative estimate of drug-likeness (QED) is 0.296. The van der Waals surface area contributed by atoms with Crippen molar-refractivity contribution in [2.24, 2.45) is 0 Å². The summed E-state index contributed by atoms with van der Waals surface area (Å²) in [5.41, 5.74) is 7.84. The third kappa shape index (κ3) is 3.93. The van der Waals surface area contributed by atoms with Crippen molar-refractivity contribution in [3.05, 3.63) is 122 Å². The first-order valence-electron chi connectivity index (χ1n) is 11.1. The van der Waals surface area contributed by atoms with Crippen LogP contribution in [0.1, 0.15) is 0 Å². The zero-order valence-corrected chi connectivity index (χ0v) is 18.3. The topological polar surface area (TPSA) is 51.6 Å². The molecule has 0 unspecified atom stereocenters. The fourth-order valence-electron chi connectivity index (χ4n) is 4.26. The van der Waals surface area contributed by atoms with Crippen LogP contribution in [-0.2, 0) is 0 Å². The molecule has 0 atom stereocenters. The molecule has 0 saturated carbocycles. The van der Waals surface area contributed by atoms with Crippen molar-refractivity contribution in [2.75, 3.05) is 0 Å². The maximum absolute atomic E-state index is 4.37. The molecule has 0 aliphatic carbocycles. The van der Waals surface area contributed by atoms with Crippen LogP contribution < -0.4 is 0 Å². The molecule has 0 bridgehead atoms. The predicted octanol–water partition coefficient (Wildman–Crippen LogP) is 7.09. The Morgan fingerprint density at radius 2 is 0.941 bits per heavy atom. The molecule has 6 rings (SSSR count). The summed E-state index contributed by atoms with van der Waals surface area (Å²) in [7, 11) is 0. The Morgan fingerprint density at radius 1 is 0.382 bits per heavy atom. The Bertz CT molecular complexity index is 1520. The lowest BCUT2D eigenvalue weighted by Gasteiger charge is -2.11. The van der Waals surface area contributed by atoms with Gasteiger partial charge < -0.3 is 0 Å². The second-order valence-electron chi connectivity index (χ2n) is 8.14. The van der Waals surface area contributed by atoms with E-state index >= 15 is 0 Å². The van der Waals surface area contributed by atoms with Gasteiger partial charge in [-0.2, -0.15) is 0 Å². The number of pyridine rings is 1. The molecule has 2 aromatic heterocycles. The number of rotatable bonds is 4. The highest BCUT2D eigenvalue weighted by Crippen LogP contribution is 2.33. The Balaban J connectivity index is 1.47. The van der Waals surface area contributed by atoms with Crippen molar-refractivity contribution in [1.29, 1.82) is 0 Å². The van der Waals surface area contributed by atoms with E-state index in [0.29, 0.717) is 5.82 Å². The molecule has 4 aromatic carbocycles. The summed E-state index contributed by atoms with van der Waals surface area (Å²) in [4.78, 5) is 16.9. The molecule has 0 spiro atoms. The first-order chi connectivity index (χ1) is 16.8. The lowest BCUT2D eigenvalue weighted by Crippen LogP contribution is -1.91. The Labute approximate surface area is 197 Å². The van der Waals surface area contributed by atoms with Crippen LogP contribution in [0.25, 0.3) is 55.5 Å². The Morgan fingerprint density at radius 3 is 1.62 bits per heavy atom. The van der Waals surface area contributed by atoms with Gasteiger partial charge in [-0.25, -0.2) is 15.0 Å². The highest BCUT2D eigenvalue weighted by molar-refractivity contribution is 5.91. The second-order valence-corrected chi connectivity index (χ2v) is 8.14. The number of hydrogen-bond acceptors (Lipinski definition) is 4. The summed E-state index contributed by atoms with van der Waals surface area (Å²) in [6, 6.07) is 34.2. The first kappa shape index (κ1) is 19.9. The Kier molecular flexibility index (Phi) is 5.09. The summed E-state index contributed by atoms with van der Waals surface area (Å²) < 4.78 is 0. The molecule has 0 radical (unpaired) electrons. The van der Waals surface area contributed by atoms with Crippen molar-refractivity contribution in [2.45, 2.75) is 0 Å². The van der Waals surface area contributed by atoms with Crippen LogP contribution in [0.3, 0.4) is 0 Å². The molecule has 6 aromatic rings. The molecule has 4 nitrogen and oxygen atoms in total. The minimum atomic E-state index is 0.653. The van der Waals surface area contributed by atoms with E-state index < -0.39 is 0 Å². The maximum atomic E-state index is 4.37. The molecule has 34 heavy (non-hydrogen) atoms. The van der Waals surface area contributed by atoms with Crippen LogP contribution in [0.4, 0.5) is 0 Å². The second kappa shape index (κ2) is 8.68. The molecule has 0 amide bonds. The largest absolute Gasteiger partial charge is 0.265 e. The summed E-state index contributed by atoms with van der Waals surface area (Å²) in [6.07, 6.45) is 6.68. The highest BCUT2D eigenvalue weighted by atomic mass is 15.0. The fraction of sp³-hybridized carbons (Fsp3) is 0. The van der Waals surface area contributed by atoms with Gasteiger partial charge in [-0.15, -0.1) is 0 Å². The van der Waals surface area contributed by atoms with E-state index in [-0.39, 0.29) is 0 Å². The van der Waals surface area contributed by atoms with E-state index in [1.807, 2.05) is 30.6 Å². The SMILES string of the molecule is c1ccc(-c2ccc3cc(-c4cc(-c5ccncc5)cc(-c5ncncn5)c4)ccc3c2)cc1. The van der Waals surface area contributed by atoms with Crippen molar-refractivity contribution in [3.63, 3.8) is 0 Å². The average molecular weight is 437 g/mol. The molecule has 4 heteroatoms. The standard InChI is InChI=1S/C30H20N4/c1-2-4-21(5-3-1)23-6-7-25-15-26(9-8-24(25)14-23)28-16-27(22-10-12-31-13-11-22)17-29(18-28)30-33-19-32-20-34-30/h1-20H. The van der Waals surface area contributed by atoms with Crippen LogP contribution >= 0.6 is 0 Å². The van der Waals surface area contributed by atoms with Gasteiger partial charge in [0.25, 0.3) is 0 Å². The molecule has 0 fully saturated rings. The molecule has 2 heterocycles. The maximum Gasteiger partial charge on any atom is 0.162 e. The van der Waals surface area contributed by atoms with E-state index in [1.54, 1.807) is 0 Å². The van der Waals surface area contributed by atoms with Crippen molar-refractivity contribution < 1.29 is 0 Å². The number of aromatic nitrogens is 4. The number of hydrogen-bond donors (Lipinski definition) is 0. The van der Waals surface area contributed by atoms with Gasteiger partial charge in [0.1, 0.15) is 12.7 Å². The summed E-state index contributed by atoms with van der Waals surface area (Å²) in [5.74, 6) is 0.653. The van der Waals surface area contributed by atoms with Crippen LogP contribution in [0.5, 0.6) is 0 Å². The molecule has 0 aliphatic heterocycles. The molecule has 160 valence electrons. The van der Waals surface area contributed by atoms with Gasteiger partial charge in [-0.3, -0.25) is 4.98 Å². The van der Waals surface area contributed by atoms with E-state index in [1.165, 1.54) is 34.6 Å². The minimum Gasteiger partial charge on any atom is -0.265 e. The van der Waals surface area contributed by atoms with Crippen molar-refractivity contribution in [3.8, 4) is 44.8 Å². The minimum absolute atomic E-state index is 0.653. The zero-order valence-electron chi connectivity index (χ0n) is 18.3. The first-order valence-corrected chi connectivity index (χ1v) is 11.1. The van der Waals surface area contributed by atoms with Gasteiger partial charge in [-0.05, 0) is 86.6 Å². The molecule has 0 aliphatic rings. The highest BCUT2D eigenvalue weighted by Gasteiger charge is 2.10. The number of nitrogens with zero attached hydrogens (tertiary/aromatic N) is 4. The van der Waals surface area contributed by atoms with Crippen LogP contribution in [0.2, 0.25) is 0 Å². The predicted molar refractivity (Wildman–Crippen MR) is 137 cm³/mol. The van der Waals surface area contributed by atoms with Gasteiger partial charge in [-0.1, -0.05) is 54.6 Å². The van der Waals surface area contributed by atoms with E-state index in [9.17, 15) is 0 Å². The van der Waals surface area contributed by atoms with E-state index in [4.69, 9.17) is 0 Å². The zero-order chi connectivity index (χ0) is 22.7. The smallest absolute Gasteiger partial charge is 0.162 e. The lowest BCUT2D eigenvalue weighted by atomic mass is 9.94.